The molecule has 3 N–H and O–H groups in total. The topological polar surface area (TPSA) is 55.1 Å². The highest BCUT2D eigenvalue weighted by atomic mass is 16.1. The van der Waals surface area contributed by atoms with Crippen molar-refractivity contribution in [3.63, 3.8) is 0 Å². The molecule has 3 nitrogen and oxygen atoms in total. The number of rotatable bonds is 3. The van der Waals surface area contributed by atoms with Crippen molar-refractivity contribution in [2.75, 3.05) is 5.73 Å². The normalized spacial score (nSPS) is 12.1. The first kappa shape index (κ1) is 10.6. The largest absolute Gasteiger partial charge is 0.399 e. The van der Waals surface area contributed by atoms with E-state index in [1.807, 2.05) is 31.2 Å². The first-order valence-electron chi connectivity index (χ1n) is 4.48. The number of hydrogen-bond donors (Lipinski definition) is 2. The predicted molar refractivity (Wildman–Crippen MR) is 58.3 cm³/mol. The molecule has 0 saturated carbocycles. The summed E-state index contributed by atoms with van der Waals surface area (Å²) < 4.78 is 0. The summed E-state index contributed by atoms with van der Waals surface area (Å²) >= 11 is 0. The summed E-state index contributed by atoms with van der Waals surface area (Å²) in [6, 6.07) is 7.60. The number of benzene rings is 1. The van der Waals surface area contributed by atoms with Crippen LogP contribution in [0.5, 0.6) is 0 Å². The van der Waals surface area contributed by atoms with Crippen molar-refractivity contribution in [3.8, 4) is 0 Å². The molecule has 0 aliphatic carbocycles. The second-order valence-corrected chi connectivity index (χ2v) is 3.36. The number of carbonyl (C=O) groups excluding carboxylic acids is 1. The van der Waals surface area contributed by atoms with Gasteiger partial charge < -0.3 is 11.1 Å². The lowest BCUT2D eigenvalue weighted by Crippen LogP contribution is -2.32. The lowest BCUT2D eigenvalue weighted by atomic mass is 10.0. The molecule has 0 saturated heterocycles. The van der Waals surface area contributed by atoms with Crippen molar-refractivity contribution >= 4 is 19.3 Å². The van der Waals surface area contributed by atoms with Crippen molar-refractivity contribution in [2.24, 2.45) is 0 Å². The van der Waals surface area contributed by atoms with Crippen LogP contribution in [0, 0.1) is 0 Å². The Kier molecular flexibility index (Phi) is 3.57. The molecule has 0 aliphatic heterocycles. The van der Waals surface area contributed by atoms with Gasteiger partial charge in [0.05, 0.1) is 0 Å². The average molecular weight is 188 g/mol. The maximum absolute atomic E-state index is 10.5. The van der Waals surface area contributed by atoms with E-state index in [-0.39, 0.29) is 6.04 Å². The van der Waals surface area contributed by atoms with Gasteiger partial charge in [-0.1, -0.05) is 12.1 Å². The summed E-state index contributed by atoms with van der Waals surface area (Å²) in [6.07, 6.45) is 0.753. The molecule has 1 aromatic rings. The van der Waals surface area contributed by atoms with Gasteiger partial charge in [0.25, 0.3) is 0 Å². The first-order chi connectivity index (χ1) is 6.58. The van der Waals surface area contributed by atoms with E-state index in [4.69, 9.17) is 13.6 Å². The molecule has 0 aromatic heterocycles. The fourth-order valence-corrected chi connectivity index (χ4v) is 1.30. The number of amides is 1. The molecule has 1 rings (SSSR count). The van der Waals surface area contributed by atoms with Crippen LogP contribution in [0.3, 0.4) is 0 Å². The summed E-state index contributed by atoms with van der Waals surface area (Å²) in [5, 5.41) is 2.61. The molecule has 0 aliphatic rings. The van der Waals surface area contributed by atoms with Crippen LogP contribution in [0.1, 0.15) is 12.5 Å². The smallest absolute Gasteiger partial charge is 0.200 e. The minimum absolute atomic E-state index is 0.0381. The Morgan fingerprint density at radius 3 is 2.57 bits per heavy atom. The molecule has 1 atom stereocenters. The third-order valence-electron chi connectivity index (χ3n) is 1.91. The van der Waals surface area contributed by atoms with Gasteiger partial charge >= 0.3 is 0 Å². The van der Waals surface area contributed by atoms with Gasteiger partial charge in [-0.2, -0.15) is 0 Å². The maximum atomic E-state index is 10.5. The van der Waals surface area contributed by atoms with Gasteiger partial charge in [0, 0.05) is 11.7 Å². The van der Waals surface area contributed by atoms with Gasteiger partial charge in [0.1, 0.15) is 0 Å². The SMILES string of the molecule is [B]C(=O)N[C@H](C)Cc1ccc(N)cc1. The van der Waals surface area contributed by atoms with Gasteiger partial charge in [-0.15, -0.1) is 0 Å². The fraction of sp³-hybridized carbons (Fsp3) is 0.300. The summed E-state index contributed by atoms with van der Waals surface area (Å²) in [7, 11) is 5.00. The molecular formula is C10H13BN2O. The monoisotopic (exact) mass is 188 g/mol. The molecule has 0 bridgehead atoms. The second-order valence-electron chi connectivity index (χ2n) is 3.36. The zero-order chi connectivity index (χ0) is 10.6. The van der Waals surface area contributed by atoms with Crippen molar-refractivity contribution < 1.29 is 4.79 Å². The number of hydrogen-bond acceptors (Lipinski definition) is 2. The highest BCUT2D eigenvalue weighted by molar-refractivity contribution is 6.57. The summed E-state index contributed by atoms with van der Waals surface area (Å²) in [6.45, 7) is 1.90. The van der Waals surface area contributed by atoms with Crippen molar-refractivity contribution in [1.29, 1.82) is 0 Å². The van der Waals surface area contributed by atoms with E-state index in [0.29, 0.717) is 0 Å². The zero-order valence-electron chi connectivity index (χ0n) is 8.16. The van der Waals surface area contributed by atoms with Gasteiger partial charge in [0.2, 0.25) is 7.85 Å². The molecule has 1 aromatic carbocycles. The molecule has 14 heavy (non-hydrogen) atoms. The van der Waals surface area contributed by atoms with Gasteiger partial charge in [-0.05, 0) is 31.0 Å². The Labute approximate surface area is 85.1 Å². The second kappa shape index (κ2) is 4.70. The number of nitrogens with two attached hydrogens (primary N) is 1. The molecule has 0 unspecified atom stereocenters. The lowest BCUT2D eigenvalue weighted by molar-refractivity contribution is 0.257. The molecule has 2 radical (unpaired) electrons. The first-order valence-corrected chi connectivity index (χ1v) is 4.48. The quantitative estimate of drug-likeness (QED) is 0.550. The van der Waals surface area contributed by atoms with E-state index in [1.165, 1.54) is 0 Å². The van der Waals surface area contributed by atoms with E-state index < -0.39 is 5.81 Å². The fourth-order valence-electron chi connectivity index (χ4n) is 1.30. The highest BCUT2D eigenvalue weighted by Gasteiger charge is 2.03. The Balaban J connectivity index is 2.51. The van der Waals surface area contributed by atoms with E-state index in [0.717, 1.165) is 17.7 Å². The van der Waals surface area contributed by atoms with Crippen LogP contribution in [0.15, 0.2) is 24.3 Å². The number of nitrogen functional groups attached to an aromatic ring is 1. The van der Waals surface area contributed by atoms with E-state index >= 15 is 0 Å². The molecule has 0 spiro atoms. The molecule has 0 heterocycles. The summed E-state index contributed by atoms with van der Waals surface area (Å²) in [4.78, 5) is 10.5. The zero-order valence-corrected chi connectivity index (χ0v) is 8.16. The minimum Gasteiger partial charge on any atom is -0.399 e. The van der Waals surface area contributed by atoms with E-state index in [9.17, 15) is 4.79 Å². The van der Waals surface area contributed by atoms with Crippen LogP contribution in [0.25, 0.3) is 0 Å². The molecule has 1 amide bonds. The van der Waals surface area contributed by atoms with Crippen molar-refractivity contribution in [2.45, 2.75) is 19.4 Å². The Morgan fingerprint density at radius 2 is 2.07 bits per heavy atom. The number of carbonyl (C=O) groups is 1. The minimum atomic E-state index is -0.493. The third-order valence-corrected chi connectivity index (χ3v) is 1.91. The van der Waals surface area contributed by atoms with E-state index in [1.54, 1.807) is 0 Å². The predicted octanol–water partition coefficient (Wildman–Crippen LogP) is 1.08. The van der Waals surface area contributed by atoms with Crippen LogP contribution >= 0.6 is 0 Å². The highest BCUT2D eigenvalue weighted by Crippen LogP contribution is 2.07. The molecule has 0 fully saturated rings. The van der Waals surface area contributed by atoms with Gasteiger partial charge in [0.15, 0.2) is 5.81 Å². The molecular weight excluding hydrogens is 175 g/mol. The van der Waals surface area contributed by atoms with Crippen molar-refractivity contribution in [1.82, 2.24) is 5.32 Å². The van der Waals surface area contributed by atoms with Crippen LogP contribution in [0.2, 0.25) is 0 Å². The van der Waals surface area contributed by atoms with Gasteiger partial charge in [-0.25, -0.2) is 0 Å². The van der Waals surface area contributed by atoms with Crippen LogP contribution in [0.4, 0.5) is 10.5 Å². The van der Waals surface area contributed by atoms with Crippen LogP contribution in [-0.2, 0) is 6.42 Å². The van der Waals surface area contributed by atoms with Crippen molar-refractivity contribution in [3.05, 3.63) is 29.8 Å². The Hall–Kier alpha value is -1.45. The number of anilines is 1. The van der Waals surface area contributed by atoms with E-state index in [2.05, 4.69) is 5.32 Å². The molecule has 4 heteroatoms. The third kappa shape index (κ3) is 3.52. The Morgan fingerprint density at radius 1 is 1.50 bits per heavy atom. The standard InChI is InChI=1S/C10H13BN2O/c1-7(13-10(11)14)6-8-2-4-9(12)5-3-8/h2-5,7H,6,12H2,1H3,(H,13,14)/t7-/m1/s1. The molecule has 72 valence electrons. The Bertz CT molecular complexity index is 310. The van der Waals surface area contributed by atoms with Crippen LogP contribution in [-0.4, -0.2) is 19.7 Å². The van der Waals surface area contributed by atoms with Gasteiger partial charge in [-0.3, -0.25) is 4.79 Å². The summed E-state index contributed by atoms with van der Waals surface area (Å²) in [5.41, 5.74) is 7.41. The number of nitrogens with one attached hydrogen (secondary N) is 1. The lowest BCUT2D eigenvalue weighted by Gasteiger charge is -2.12. The summed E-state index contributed by atoms with van der Waals surface area (Å²) in [5.74, 6) is -0.493. The maximum Gasteiger partial charge on any atom is 0.200 e. The average Bonchev–Trinajstić information content (AvgIpc) is 2.07. The van der Waals surface area contributed by atoms with Crippen LogP contribution < -0.4 is 11.1 Å².